The molecule has 0 saturated carbocycles. The van der Waals surface area contributed by atoms with Gasteiger partial charge in [-0.3, -0.25) is 18.7 Å². The van der Waals surface area contributed by atoms with Crippen molar-refractivity contribution in [3.8, 4) is 5.75 Å². The van der Waals surface area contributed by atoms with E-state index in [-0.39, 0.29) is 22.2 Å². The highest BCUT2D eigenvalue weighted by molar-refractivity contribution is 6.34. The van der Waals surface area contributed by atoms with Crippen LogP contribution in [-0.2, 0) is 14.1 Å². The maximum atomic E-state index is 12.3. The van der Waals surface area contributed by atoms with Gasteiger partial charge in [-0.1, -0.05) is 23.2 Å². The van der Waals surface area contributed by atoms with E-state index in [9.17, 15) is 14.4 Å². The number of carbonyl (C=O) groups excluding carboxylic acids is 1. The number of benzene rings is 1. The normalized spacial score (nSPS) is 10.6. The average molecular weight is 358 g/mol. The molecule has 1 aromatic heterocycles. The van der Waals surface area contributed by atoms with Gasteiger partial charge in [0.25, 0.3) is 5.56 Å². The number of Topliss-reactive ketones (excluding diaryl/α,β-unsaturated/α-hetero) is 1. The van der Waals surface area contributed by atoms with Gasteiger partial charge in [0, 0.05) is 25.2 Å². The van der Waals surface area contributed by atoms with Crippen molar-refractivity contribution in [1.29, 1.82) is 0 Å². The lowest BCUT2D eigenvalue weighted by atomic mass is 10.2. The lowest BCUT2D eigenvalue weighted by Crippen LogP contribution is -2.42. The molecule has 0 bridgehead atoms. The van der Waals surface area contributed by atoms with Crippen LogP contribution in [0.2, 0.25) is 10.0 Å². The smallest absolute Gasteiger partial charge is 0.332 e. The number of halogens is 2. The summed E-state index contributed by atoms with van der Waals surface area (Å²) in [5, 5.41) is 0.651. The summed E-state index contributed by atoms with van der Waals surface area (Å²) in [5.41, 5.74) is 3.99. The number of carbonyl (C=O) groups is 1. The van der Waals surface area contributed by atoms with E-state index in [2.05, 4.69) is 0 Å². The summed E-state index contributed by atoms with van der Waals surface area (Å²) in [4.78, 5) is 36.1. The van der Waals surface area contributed by atoms with Crippen molar-refractivity contribution in [2.24, 2.45) is 14.1 Å². The molecule has 2 N–H and O–H groups in total. The Labute approximate surface area is 140 Å². The van der Waals surface area contributed by atoms with Crippen LogP contribution in [0.4, 0.5) is 5.82 Å². The molecule has 2 aromatic rings. The number of anilines is 1. The Morgan fingerprint density at radius 2 is 1.87 bits per heavy atom. The van der Waals surface area contributed by atoms with Crippen LogP contribution in [0, 0.1) is 0 Å². The van der Waals surface area contributed by atoms with E-state index in [1.807, 2.05) is 0 Å². The highest BCUT2D eigenvalue weighted by Gasteiger charge is 2.20. The van der Waals surface area contributed by atoms with Gasteiger partial charge in [0.05, 0.1) is 5.02 Å². The molecule has 0 atom stereocenters. The molecule has 0 fully saturated rings. The van der Waals surface area contributed by atoms with Gasteiger partial charge in [-0.25, -0.2) is 4.79 Å². The molecule has 2 rings (SSSR count). The van der Waals surface area contributed by atoms with E-state index in [0.717, 1.165) is 9.13 Å². The fourth-order valence-electron chi connectivity index (χ4n) is 1.93. The second-order valence-electron chi connectivity index (χ2n) is 4.75. The number of hydrogen-bond donors (Lipinski definition) is 1. The minimum Gasteiger partial charge on any atom is -0.484 e. The summed E-state index contributed by atoms with van der Waals surface area (Å²) in [5.74, 6) is -0.689. The fraction of sp³-hybridized carbons (Fsp3) is 0.214. The summed E-state index contributed by atoms with van der Waals surface area (Å²) in [6.07, 6.45) is 0. The third kappa shape index (κ3) is 3.25. The maximum Gasteiger partial charge on any atom is 0.332 e. The number of hydrogen-bond acceptors (Lipinski definition) is 5. The molecule has 0 amide bonds. The van der Waals surface area contributed by atoms with E-state index in [1.165, 1.54) is 26.2 Å². The maximum absolute atomic E-state index is 12.3. The van der Waals surface area contributed by atoms with Crippen molar-refractivity contribution < 1.29 is 9.53 Å². The summed E-state index contributed by atoms with van der Waals surface area (Å²) < 4.78 is 7.11. The van der Waals surface area contributed by atoms with Gasteiger partial charge < -0.3 is 10.5 Å². The lowest BCUT2D eigenvalue weighted by Gasteiger charge is -2.12. The molecule has 7 nitrogen and oxygen atoms in total. The lowest BCUT2D eigenvalue weighted by molar-refractivity contribution is 0.0919. The number of aromatic nitrogens is 2. The van der Waals surface area contributed by atoms with Crippen LogP contribution in [0.3, 0.4) is 0 Å². The second kappa shape index (κ2) is 6.47. The zero-order chi connectivity index (χ0) is 17.3. The number of nitrogens with two attached hydrogens (primary N) is 1. The van der Waals surface area contributed by atoms with Crippen LogP contribution in [0.25, 0.3) is 0 Å². The monoisotopic (exact) mass is 357 g/mol. The SMILES string of the molecule is Cn1c(N)c(C(=O)COc2cc(Cl)ccc2Cl)c(=O)n(C)c1=O. The average Bonchev–Trinajstić information content (AvgIpc) is 2.52. The summed E-state index contributed by atoms with van der Waals surface area (Å²) in [7, 11) is 2.62. The summed E-state index contributed by atoms with van der Waals surface area (Å²) >= 11 is 11.8. The molecule has 0 spiro atoms. The molecule has 0 radical (unpaired) electrons. The molecule has 23 heavy (non-hydrogen) atoms. The topological polar surface area (TPSA) is 96.3 Å². The molecule has 9 heteroatoms. The third-order valence-corrected chi connectivity index (χ3v) is 3.79. The molecule has 1 heterocycles. The zero-order valence-electron chi connectivity index (χ0n) is 12.3. The number of nitrogens with zero attached hydrogens (tertiary/aromatic N) is 2. The van der Waals surface area contributed by atoms with E-state index in [4.69, 9.17) is 33.7 Å². The first kappa shape index (κ1) is 17.1. The van der Waals surface area contributed by atoms with E-state index >= 15 is 0 Å². The summed E-state index contributed by atoms with van der Waals surface area (Å²) in [6.45, 7) is -0.474. The fourth-order valence-corrected chi connectivity index (χ4v) is 2.26. The number of ketones is 1. The summed E-state index contributed by atoms with van der Waals surface area (Å²) in [6, 6.07) is 4.53. The van der Waals surface area contributed by atoms with Crippen LogP contribution >= 0.6 is 23.2 Å². The first-order valence-corrected chi connectivity index (χ1v) is 7.16. The third-order valence-electron chi connectivity index (χ3n) is 3.24. The Morgan fingerprint density at radius 1 is 1.22 bits per heavy atom. The van der Waals surface area contributed by atoms with Gasteiger partial charge in [-0.15, -0.1) is 0 Å². The van der Waals surface area contributed by atoms with E-state index in [0.29, 0.717) is 5.02 Å². The second-order valence-corrected chi connectivity index (χ2v) is 5.60. The Kier molecular flexibility index (Phi) is 4.82. The Hall–Kier alpha value is -2.25. The van der Waals surface area contributed by atoms with Crippen LogP contribution in [0.5, 0.6) is 5.75 Å². The van der Waals surface area contributed by atoms with E-state index in [1.54, 1.807) is 6.07 Å². The van der Waals surface area contributed by atoms with Crippen LogP contribution in [0.15, 0.2) is 27.8 Å². The molecular weight excluding hydrogens is 345 g/mol. The van der Waals surface area contributed by atoms with Gasteiger partial charge in [0.15, 0.2) is 6.61 Å². The van der Waals surface area contributed by atoms with E-state index < -0.39 is 23.6 Å². The molecular formula is C14H13Cl2N3O4. The molecule has 122 valence electrons. The Morgan fingerprint density at radius 3 is 2.52 bits per heavy atom. The van der Waals surface area contributed by atoms with Crippen molar-refractivity contribution >= 4 is 34.8 Å². The van der Waals surface area contributed by atoms with Crippen molar-refractivity contribution in [2.45, 2.75) is 0 Å². The van der Waals surface area contributed by atoms with Gasteiger partial charge >= 0.3 is 5.69 Å². The van der Waals surface area contributed by atoms with Gasteiger partial charge in [0.2, 0.25) is 5.78 Å². The quantitative estimate of drug-likeness (QED) is 0.830. The first-order chi connectivity index (χ1) is 10.7. The minimum absolute atomic E-state index is 0.202. The Bertz CT molecular complexity index is 902. The van der Waals surface area contributed by atoms with Gasteiger partial charge in [0.1, 0.15) is 17.1 Å². The zero-order valence-corrected chi connectivity index (χ0v) is 13.8. The molecule has 0 aliphatic rings. The van der Waals surface area contributed by atoms with Crippen molar-refractivity contribution in [3.05, 3.63) is 54.6 Å². The first-order valence-electron chi connectivity index (χ1n) is 6.40. The number of ether oxygens (including phenoxy) is 1. The van der Waals surface area contributed by atoms with Crippen molar-refractivity contribution in [2.75, 3.05) is 12.3 Å². The largest absolute Gasteiger partial charge is 0.484 e. The molecule has 0 unspecified atom stereocenters. The molecule has 0 aliphatic heterocycles. The highest BCUT2D eigenvalue weighted by atomic mass is 35.5. The van der Waals surface area contributed by atoms with Crippen molar-refractivity contribution in [1.82, 2.24) is 9.13 Å². The van der Waals surface area contributed by atoms with Gasteiger partial charge in [-0.05, 0) is 12.1 Å². The molecule has 1 aromatic carbocycles. The minimum atomic E-state index is -0.781. The standard InChI is InChI=1S/C14H13Cl2N3O4/c1-18-12(17)11(13(21)19(2)14(18)22)9(20)6-23-10-5-7(15)3-4-8(10)16/h3-5H,6,17H2,1-2H3. The number of rotatable bonds is 4. The highest BCUT2D eigenvalue weighted by Crippen LogP contribution is 2.27. The predicted molar refractivity (Wildman–Crippen MR) is 87.6 cm³/mol. The Balaban J connectivity index is 2.34. The van der Waals surface area contributed by atoms with Crippen molar-refractivity contribution in [3.63, 3.8) is 0 Å². The number of nitrogen functional groups attached to an aromatic ring is 1. The van der Waals surface area contributed by atoms with Crippen LogP contribution < -0.4 is 21.7 Å². The molecule has 0 aliphatic carbocycles. The molecule has 0 saturated heterocycles. The van der Waals surface area contributed by atoms with Crippen LogP contribution in [-0.4, -0.2) is 21.5 Å². The van der Waals surface area contributed by atoms with Gasteiger partial charge in [-0.2, -0.15) is 0 Å². The van der Waals surface area contributed by atoms with Crippen LogP contribution in [0.1, 0.15) is 10.4 Å². The predicted octanol–water partition coefficient (Wildman–Crippen LogP) is 1.23.